The number of aliphatic carboxylic acids is 3. The number of carbonyl (C=O) groups is 3. The van der Waals surface area contributed by atoms with E-state index in [0.29, 0.717) is 0 Å². The standard InChI is InChI=1S/C6H8O7.3HN3/c7-3(8)1-6(13,5(11)12)2-4(9)10;3*1-3-2/h13H,1-2H2,(H,7,8)(H,9,10)(H,11,12);3*1H. The van der Waals surface area contributed by atoms with Gasteiger partial charge in [0.15, 0.2) is 5.60 Å². The Bertz CT molecular complexity index is 426. The highest BCUT2D eigenvalue weighted by Gasteiger charge is 2.40. The van der Waals surface area contributed by atoms with Crippen molar-refractivity contribution in [3.05, 3.63) is 31.3 Å². The van der Waals surface area contributed by atoms with Crippen LogP contribution in [-0.4, -0.2) is 43.9 Å². The summed E-state index contributed by atoms with van der Waals surface area (Å²) in [6.45, 7) is 0. The Kier molecular flexibility index (Phi) is 21.1. The summed E-state index contributed by atoms with van der Waals surface area (Å²) < 4.78 is 0. The van der Waals surface area contributed by atoms with Crippen LogP contribution in [0.5, 0.6) is 0 Å². The molecular formula is C6H11N9O7. The van der Waals surface area contributed by atoms with E-state index in [1.54, 1.807) is 14.7 Å². The van der Waals surface area contributed by atoms with Gasteiger partial charge in [-0.1, -0.05) is 0 Å². The first kappa shape index (κ1) is 26.8. The molecule has 0 spiro atoms. The van der Waals surface area contributed by atoms with E-state index in [0.717, 1.165) is 0 Å². The number of nitrogens with zero attached hydrogens (tertiary/aromatic N) is 6. The summed E-state index contributed by atoms with van der Waals surface area (Å²) in [6.07, 6.45) is -2.29. The van der Waals surface area contributed by atoms with Crippen molar-refractivity contribution in [2.24, 2.45) is 0 Å². The molecule has 22 heavy (non-hydrogen) atoms. The molecule has 0 saturated carbocycles. The SMILES string of the molecule is O=C(O)CC(O)(CC(=O)O)C(=O)O.[N-]=[N+]=N.[N-]=[N+]=N.[N-]=[N+]=N. The summed E-state index contributed by atoms with van der Waals surface area (Å²) in [4.78, 5) is 35.7. The van der Waals surface area contributed by atoms with Crippen molar-refractivity contribution >= 4 is 17.9 Å². The van der Waals surface area contributed by atoms with Gasteiger partial charge in [0.2, 0.25) is 0 Å². The number of nitrogens with one attached hydrogen (secondary N) is 3. The van der Waals surface area contributed by atoms with E-state index >= 15 is 0 Å². The number of aliphatic hydroxyl groups is 1. The maximum Gasteiger partial charge on any atom is 0.336 e. The molecule has 0 unspecified atom stereocenters. The molecule has 0 aliphatic rings. The Morgan fingerprint density at radius 3 is 1.09 bits per heavy atom. The summed E-state index contributed by atoms with van der Waals surface area (Å²) in [6, 6.07) is 0. The fourth-order valence-corrected chi connectivity index (χ4v) is 0.714. The lowest BCUT2D eigenvalue weighted by Gasteiger charge is -2.18. The first-order valence-electron chi connectivity index (χ1n) is 4.44. The van der Waals surface area contributed by atoms with Crippen LogP contribution in [0.1, 0.15) is 12.8 Å². The first-order chi connectivity index (χ1) is 10.0. The predicted molar refractivity (Wildman–Crippen MR) is 65.4 cm³/mol. The zero-order valence-electron chi connectivity index (χ0n) is 10.6. The molecule has 0 bridgehead atoms. The van der Waals surface area contributed by atoms with Crippen molar-refractivity contribution in [3.63, 3.8) is 0 Å². The fraction of sp³-hybridized carbons (Fsp3) is 0.500. The summed E-state index contributed by atoms with van der Waals surface area (Å²) in [5.74, 6) is -5.02. The largest absolute Gasteiger partial charge is 0.481 e. The molecule has 0 aliphatic heterocycles. The van der Waals surface area contributed by atoms with Crippen molar-refractivity contribution in [2.75, 3.05) is 0 Å². The van der Waals surface area contributed by atoms with E-state index in [9.17, 15) is 14.4 Å². The van der Waals surface area contributed by atoms with E-state index in [-0.39, 0.29) is 0 Å². The molecule has 0 aromatic rings. The van der Waals surface area contributed by atoms with Gasteiger partial charge in [0.05, 0.1) is 12.8 Å². The van der Waals surface area contributed by atoms with Crippen molar-refractivity contribution in [1.82, 2.24) is 0 Å². The smallest absolute Gasteiger partial charge is 0.336 e. The van der Waals surface area contributed by atoms with E-state index in [4.69, 9.17) is 53.6 Å². The molecule has 0 radical (unpaired) electrons. The molecule has 0 fully saturated rings. The van der Waals surface area contributed by atoms with Gasteiger partial charge in [-0.3, -0.25) is 9.59 Å². The van der Waals surface area contributed by atoms with Gasteiger partial charge in [0.25, 0.3) is 0 Å². The Labute approximate surface area is 120 Å². The zero-order valence-corrected chi connectivity index (χ0v) is 10.6. The molecule has 0 aromatic carbocycles. The van der Waals surface area contributed by atoms with Crippen LogP contribution in [-0.2, 0) is 14.4 Å². The number of carboxylic acids is 3. The second-order valence-corrected chi connectivity index (χ2v) is 2.78. The molecule has 0 saturated heterocycles. The summed E-state index contributed by atoms with van der Waals surface area (Å²) in [5, 5.41) is 33.8. The third-order valence-electron chi connectivity index (χ3n) is 1.29. The number of hydrogen-bond donors (Lipinski definition) is 7. The average Bonchev–Trinajstić information content (AvgIpc) is 2.29. The maximum absolute atomic E-state index is 10.3. The highest BCUT2D eigenvalue weighted by molar-refractivity contribution is 5.88. The molecule has 0 aromatic heterocycles. The normalized spacial score (nSPS) is 7.50. The molecule has 0 atom stereocenters. The third-order valence-corrected chi connectivity index (χ3v) is 1.29. The number of hydrogen-bond acceptors (Lipinski definition) is 7. The van der Waals surface area contributed by atoms with Crippen LogP contribution in [0.25, 0.3) is 31.3 Å². The van der Waals surface area contributed by atoms with Gasteiger partial charge in [-0.25, -0.2) is 4.79 Å². The molecule has 16 nitrogen and oxygen atoms in total. The minimum Gasteiger partial charge on any atom is -0.481 e. The van der Waals surface area contributed by atoms with E-state index in [1.165, 1.54) is 0 Å². The molecule has 0 heterocycles. The molecule has 0 amide bonds. The molecule has 16 heteroatoms. The minimum atomic E-state index is -2.74. The van der Waals surface area contributed by atoms with Gasteiger partial charge < -0.3 is 20.4 Å². The van der Waals surface area contributed by atoms with Gasteiger partial charge in [-0.05, 0) is 31.3 Å². The van der Waals surface area contributed by atoms with Gasteiger partial charge >= 0.3 is 17.9 Å². The lowest BCUT2D eigenvalue weighted by atomic mass is 9.96. The number of rotatable bonds is 5. The van der Waals surface area contributed by atoms with Crippen LogP contribution < -0.4 is 0 Å². The highest BCUT2D eigenvalue weighted by atomic mass is 16.4. The maximum atomic E-state index is 10.3. The van der Waals surface area contributed by atoms with Gasteiger partial charge in [-0.15, -0.1) is 16.6 Å². The van der Waals surface area contributed by atoms with Gasteiger partial charge in [-0.2, -0.15) is 0 Å². The number of carboxylic acid groups (broad SMARTS) is 3. The third kappa shape index (κ3) is 25.2. The Hall–Kier alpha value is -3.70. The molecular weight excluding hydrogens is 310 g/mol. The van der Waals surface area contributed by atoms with E-state index < -0.39 is 36.4 Å². The highest BCUT2D eigenvalue weighted by Crippen LogP contribution is 2.15. The quantitative estimate of drug-likeness (QED) is 0.221. The van der Waals surface area contributed by atoms with Crippen LogP contribution >= 0.6 is 0 Å². The molecule has 0 aliphatic carbocycles. The Morgan fingerprint density at radius 1 is 0.818 bits per heavy atom. The first-order valence-corrected chi connectivity index (χ1v) is 4.44. The lowest BCUT2D eigenvalue weighted by molar-refractivity contribution is -0.170. The monoisotopic (exact) mass is 321 g/mol. The van der Waals surface area contributed by atoms with E-state index in [1.807, 2.05) is 0 Å². The van der Waals surface area contributed by atoms with Crippen molar-refractivity contribution < 1.29 is 34.8 Å². The Balaban J connectivity index is -0.000000148. The van der Waals surface area contributed by atoms with Gasteiger partial charge in [0.1, 0.15) is 0 Å². The van der Waals surface area contributed by atoms with Crippen molar-refractivity contribution in [2.45, 2.75) is 18.4 Å². The van der Waals surface area contributed by atoms with Crippen LogP contribution in [0.15, 0.2) is 0 Å². The fourth-order valence-electron chi connectivity index (χ4n) is 0.714. The minimum absolute atomic E-state index is 1.14. The topological polar surface area (TPSA) is 313 Å². The van der Waals surface area contributed by atoms with E-state index in [2.05, 4.69) is 0 Å². The van der Waals surface area contributed by atoms with Crippen LogP contribution in [0.4, 0.5) is 0 Å². The summed E-state index contributed by atoms with van der Waals surface area (Å²) in [5.41, 5.74) is 34.0. The Morgan fingerprint density at radius 2 is 1.00 bits per heavy atom. The van der Waals surface area contributed by atoms with Crippen LogP contribution in [0.2, 0.25) is 0 Å². The summed E-state index contributed by atoms with van der Waals surface area (Å²) >= 11 is 0. The predicted octanol–water partition coefficient (Wildman–Crippen LogP) is 1.38. The van der Waals surface area contributed by atoms with Crippen LogP contribution in [0, 0.1) is 16.6 Å². The zero-order chi connectivity index (χ0) is 18.8. The lowest BCUT2D eigenvalue weighted by Crippen LogP contribution is -2.42. The molecule has 7 N–H and O–H groups in total. The van der Waals surface area contributed by atoms with Crippen molar-refractivity contribution in [1.29, 1.82) is 16.6 Å². The average molecular weight is 321 g/mol. The molecule has 122 valence electrons. The second-order valence-electron chi connectivity index (χ2n) is 2.78. The van der Waals surface area contributed by atoms with Crippen molar-refractivity contribution in [3.8, 4) is 0 Å². The molecule has 0 rings (SSSR count). The second kappa shape index (κ2) is 17.3. The van der Waals surface area contributed by atoms with Gasteiger partial charge in [0, 0.05) is 0 Å². The van der Waals surface area contributed by atoms with Crippen LogP contribution in [0.3, 0.4) is 0 Å². The summed E-state index contributed by atoms with van der Waals surface area (Å²) in [7, 11) is 0.